The fraction of sp³-hybridized carbons (Fsp3) is 0.545. The summed E-state index contributed by atoms with van der Waals surface area (Å²) in [6.45, 7) is 7.13. The second-order valence-electron chi connectivity index (χ2n) is 3.20. The van der Waals surface area contributed by atoms with Gasteiger partial charge in [0.05, 0.1) is 22.8 Å². The Morgan fingerprint density at radius 1 is 1.43 bits per heavy atom. The minimum atomic E-state index is 0.373. The molecular formula is C11H15ClN2. The van der Waals surface area contributed by atoms with Crippen LogP contribution in [-0.2, 0) is 6.54 Å². The number of aromatic nitrogens is 2. The van der Waals surface area contributed by atoms with E-state index in [9.17, 15) is 0 Å². The van der Waals surface area contributed by atoms with E-state index in [-0.39, 0.29) is 0 Å². The Morgan fingerprint density at radius 3 is 2.71 bits per heavy atom. The largest absolute Gasteiger partial charge is 0.268 e. The Hall–Kier alpha value is -0.940. The third-order valence-corrected chi connectivity index (χ3v) is 2.23. The van der Waals surface area contributed by atoms with Gasteiger partial charge in [0.25, 0.3) is 0 Å². The Balaban J connectivity index is 3.04. The van der Waals surface area contributed by atoms with E-state index in [1.54, 1.807) is 0 Å². The van der Waals surface area contributed by atoms with Gasteiger partial charge in [0.1, 0.15) is 0 Å². The third-order valence-electron chi connectivity index (χ3n) is 2.10. The van der Waals surface area contributed by atoms with Crippen LogP contribution in [-0.4, -0.2) is 15.7 Å². The molecule has 0 saturated heterocycles. The van der Waals surface area contributed by atoms with Crippen molar-refractivity contribution < 1.29 is 0 Å². The summed E-state index contributed by atoms with van der Waals surface area (Å²) in [5, 5.41) is 4.42. The average molecular weight is 211 g/mol. The molecule has 0 aliphatic heterocycles. The molecule has 1 aromatic heterocycles. The van der Waals surface area contributed by atoms with E-state index in [0.717, 1.165) is 29.9 Å². The van der Waals surface area contributed by atoms with Crippen LogP contribution in [0.15, 0.2) is 0 Å². The minimum Gasteiger partial charge on any atom is -0.268 e. The first-order chi connectivity index (χ1) is 6.70. The zero-order valence-corrected chi connectivity index (χ0v) is 9.65. The summed E-state index contributed by atoms with van der Waals surface area (Å²) in [7, 11) is 0. The third kappa shape index (κ3) is 2.30. The lowest BCUT2D eigenvalue weighted by atomic mass is 10.2. The van der Waals surface area contributed by atoms with E-state index in [1.165, 1.54) is 0 Å². The molecule has 0 saturated carbocycles. The lowest BCUT2D eigenvalue weighted by molar-refractivity contribution is 0.583. The highest BCUT2D eigenvalue weighted by Gasteiger charge is 2.07. The van der Waals surface area contributed by atoms with Gasteiger partial charge in [-0.15, -0.1) is 11.6 Å². The molecule has 0 aliphatic rings. The molecule has 0 atom stereocenters. The zero-order valence-electron chi connectivity index (χ0n) is 8.89. The van der Waals surface area contributed by atoms with Crippen LogP contribution in [0, 0.1) is 25.7 Å². The van der Waals surface area contributed by atoms with Gasteiger partial charge in [0.2, 0.25) is 0 Å². The molecule has 14 heavy (non-hydrogen) atoms. The maximum Gasteiger partial charge on any atom is 0.0839 e. The SMILES string of the molecule is CCCn1nc(C)c(C#CCCl)c1C. The van der Waals surface area contributed by atoms with Crippen LogP contribution >= 0.6 is 11.6 Å². The number of hydrogen-bond acceptors (Lipinski definition) is 1. The first-order valence-corrected chi connectivity index (χ1v) is 5.33. The predicted octanol–water partition coefficient (Wildman–Crippen LogP) is 2.50. The van der Waals surface area contributed by atoms with E-state index in [1.807, 2.05) is 18.5 Å². The molecule has 0 N–H and O–H groups in total. The minimum absolute atomic E-state index is 0.373. The van der Waals surface area contributed by atoms with Gasteiger partial charge in [-0.3, -0.25) is 4.68 Å². The molecule has 1 aromatic rings. The molecule has 0 bridgehead atoms. The Morgan fingerprint density at radius 2 is 2.14 bits per heavy atom. The van der Waals surface area contributed by atoms with Crippen molar-refractivity contribution in [3.05, 3.63) is 17.0 Å². The fourth-order valence-electron chi connectivity index (χ4n) is 1.43. The molecule has 0 unspecified atom stereocenters. The van der Waals surface area contributed by atoms with Crippen LogP contribution in [0.25, 0.3) is 0 Å². The number of rotatable bonds is 2. The van der Waals surface area contributed by atoms with Gasteiger partial charge in [0, 0.05) is 6.54 Å². The van der Waals surface area contributed by atoms with Gasteiger partial charge < -0.3 is 0 Å². The molecule has 0 radical (unpaired) electrons. The number of nitrogens with zero attached hydrogens (tertiary/aromatic N) is 2. The topological polar surface area (TPSA) is 17.8 Å². The average Bonchev–Trinajstić information content (AvgIpc) is 2.41. The van der Waals surface area contributed by atoms with Gasteiger partial charge in [0.15, 0.2) is 0 Å². The van der Waals surface area contributed by atoms with Crippen LogP contribution in [0.5, 0.6) is 0 Å². The van der Waals surface area contributed by atoms with Gasteiger partial charge in [-0.25, -0.2) is 0 Å². The highest BCUT2D eigenvalue weighted by molar-refractivity contribution is 6.19. The normalized spacial score (nSPS) is 9.71. The second-order valence-corrected chi connectivity index (χ2v) is 3.47. The van der Waals surface area contributed by atoms with Gasteiger partial charge in [-0.2, -0.15) is 5.10 Å². The van der Waals surface area contributed by atoms with E-state index < -0.39 is 0 Å². The lowest BCUT2D eigenvalue weighted by Crippen LogP contribution is -2.01. The standard InChI is InChI=1S/C11H15ClN2/c1-4-8-14-10(3)11(6-5-7-12)9(2)13-14/h4,7-8H2,1-3H3. The van der Waals surface area contributed by atoms with Gasteiger partial charge in [-0.1, -0.05) is 18.8 Å². The maximum absolute atomic E-state index is 5.52. The van der Waals surface area contributed by atoms with Crippen LogP contribution in [0.4, 0.5) is 0 Å². The number of alkyl halides is 1. The summed E-state index contributed by atoms with van der Waals surface area (Å²) in [4.78, 5) is 0. The van der Waals surface area contributed by atoms with Crippen LogP contribution < -0.4 is 0 Å². The van der Waals surface area contributed by atoms with Crippen molar-refractivity contribution >= 4 is 11.6 Å². The molecule has 1 rings (SSSR count). The van der Waals surface area contributed by atoms with Crippen molar-refractivity contribution in [2.24, 2.45) is 0 Å². The summed E-state index contributed by atoms with van der Waals surface area (Å²) >= 11 is 5.52. The highest BCUT2D eigenvalue weighted by atomic mass is 35.5. The second kappa shape index (κ2) is 5.07. The summed E-state index contributed by atoms with van der Waals surface area (Å²) in [5.74, 6) is 6.28. The van der Waals surface area contributed by atoms with Crippen LogP contribution in [0.2, 0.25) is 0 Å². The summed E-state index contributed by atoms with van der Waals surface area (Å²) in [6, 6.07) is 0. The molecule has 0 fully saturated rings. The molecule has 0 spiro atoms. The van der Waals surface area contributed by atoms with Crippen molar-refractivity contribution in [3.63, 3.8) is 0 Å². The molecule has 2 nitrogen and oxygen atoms in total. The summed E-state index contributed by atoms with van der Waals surface area (Å²) < 4.78 is 2.01. The van der Waals surface area contributed by atoms with Crippen molar-refractivity contribution in [1.82, 2.24) is 9.78 Å². The smallest absolute Gasteiger partial charge is 0.0839 e. The van der Waals surface area contributed by atoms with E-state index in [4.69, 9.17) is 11.6 Å². The van der Waals surface area contributed by atoms with Crippen molar-refractivity contribution in [2.75, 3.05) is 5.88 Å². The van der Waals surface area contributed by atoms with Gasteiger partial charge in [-0.05, 0) is 20.3 Å². The van der Waals surface area contributed by atoms with Crippen molar-refractivity contribution in [1.29, 1.82) is 0 Å². The summed E-state index contributed by atoms with van der Waals surface area (Å²) in [6.07, 6.45) is 1.09. The molecule has 76 valence electrons. The monoisotopic (exact) mass is 210 g/mol. The first-order valence-electron chi connectivity index (χ1n) is 4.79. The Bertz CT molecular complexity index is 369. The molecule has 0 aromatic carbocycles. The Labute approximate surface area is 90.3 Å². The van der Waals surface area contributed by atoms with Crippen LogP contribution in [0.1, 0.15) is 30.3 Å². The van der Waals surface area contributed by atoms with Gasteiger partial charge >= 0.3 is 0 Å². The number of hydrogen-bond donors (Lipinski definition) is 0. The fourth-order valence-corrected chi connectivity index (χ4v) is 1.50. The molecule has 0 amide bonds. The first kappa shape index (κ1) is 11.1. The highest BCUT2D eigenvalue weighted by Crippen LogP contribution is 2.11. The predicted molar refractivity (Wildman–Crippen MR) is 59.6 cm³/mol. The number of halogens is 1. The lowest BCUT2D eigenvalue weighted by Gasteiger charge is -1.99. The molecular weight excluding hydrogens is 196 g/mol. The molecule has 0 aliphatic carbocycles. The molecule has 1 heterocycles. The van der Waals surface area contributed by atoms with Crippen molar-refractivity contribution in [3.8, 4) is 11.8 Å². The van der Waals surface area contributed by atoms with Crippen molar-refractivity contribution in [2.45, 2.75) is 33.7 Å². The van der Waals surface area contributed by atoms with Crippen LogP contribution in [0.3, 0.4) is 0 Å². The summed E-state index contributed by atoms with van der Waals surface area (Å²) in [5.41, 5.74) is 3.16. The quantitative estimate of drug-likeness (QED) is 0.542. The van der Waals surface area contributed by atoms with E-state index in [0.29, 0.717) is 5.88 Å². The maximum atomic E-state index is 5.52. The Kier molecular flexibility index (Phi) is 4.03. The van der Waals surface area contributed by atoms with E-state index in [2.05, 4.69) is 23.9 Å². The number of aryl methyl sites for hydroxylation is 2. The van der Waals surface area contributed by atoms with E-state index >= 15 is 0 Å². The molecule has 3 heteroatoms. The zero-order chi connectivity index (χ0) is 10.6.